The molecule has 2 heterocycles. The molecule has 7 nitrogen and oxygen atoms in total. The largest absolute Gasteiger partial charge is 0.338 e. The second-order valence-corrected chi connectivity index (χ2v) is 10.6. The number of likely N-dealkylation sites (tertiary alicyclic amines) is 1. The summed E-state index contributed by atoms with van der Waals surface area (Å²) in [6, 6.07) is 5.85. The molecule has 190 valence electrons. The third-order valence-corrected chi connectivity index (χ3v) is 8.16. The van der Waals surface area contributed by atoms with Crippen LogP contribution in [-0.2, 0) is 16.1 Å². The third kappa shape index (κ3) is 5.50. The maximum atomic E-state index is 14.0. The van der Waals surface area contributed by atoms with Crippen molar-refractivity contribution in [1.29, 1.82) is 0 Å². The number of aromatic nitrogens is 2. The monoisotopic (exact) mass is 480 g/mol. The molecule has 1 aliphatic heterocycles. The summed E-state index contributed by atoms with van der Waals surface area (Å²) in [6.07, 6.45) is 7.73. The molecule has 2 aliphatic rings. The number of hydrogen-bond acceptors (Lipinski definition) is 5. The fourth-order valence-corrected chi connectivity index (χ4v) is 5.97. The fraction of sp³-hybridized carbons (Fsp3) is 0.643. The Kier molecular flexibility index (Phi) is 8.05. The molecule has 0 bridgehead atoms. The summed E-state index contributed by atoms with van der Waals surface area (Å²) in [5, 5.41) is 8.59. The highest BCUT2D eigenvalue weighted by Gasteiger charge is 2.39. The summed E-state index contributed by atoms with van der Waals surface area (Å²) >= 11 is 0. The lowest BCUT2D eigenvalue weighted by Gasteiger charge is -2.35. The summed E-state index contributed by atoms with van der Waals surface area (Å²) in [4.78, 5) is 41.1. The zero-order chi connectivity index (χ0) is 25.1. The predicted molar refractivity (Wildman–Crippen MR) is 137 cm³/mol. The Bertz CT molecular complexity index is 1090. The molecule has 0 unspecified atom stereocenters. The van der Waals surface area contributed by atoms with Gasteiger partial charge in [0.15, 0.2) is 5.78 Å². The topological polar surface area (TPSA) is 84.3 Å². The first kappa shape index (κ1) is 25.5. The summed E-state index contributed by atoms with van der Waals surface area (Å²) in [5.41, 5.74) is 2.52. The second kappa shape index (κ2) is 11.0. The van der Waals surface area contributed by atoms with Crippen LogP contribution < -0.4 is 5.32 Å². The van der Waals surface area contributed by atoms with Crippen molar-refractivity contribution in [2.45, 2.75) is 90.8 Å². The van der Waals surface area contributed by atoms with Gasteiger partial charge in [0.2, 0.25) is 5.91 Å². The van der Waals surface area contributed by atoms with Crippen molar-refractivity contribution in [1.82, 2.24) is 20.0 Å². The van der Waals surface area contributed by atoms with E-state index >= 15 is 0 Å². The quantitative estimate of drug-likeness (QED) is 0.541. The summed E-state index contributed by atoms with van der Waals surface area (Å²) in [5.74, 6) is 0.238. The Balaban J connectivity index is 1.58. The van der Waals surface area contributed by atoms with Gasteiger partial charge in [-0.25, -0.2) is 0 Å². The van der Waals surface area contributed by atoms with Crippen molar-refractivity contribution in [3.63, 3.8) is 0 Å². The molecule has 2 fully saturated rings. The maximum Gasteiger partial charge on any atom is 0.226 e. The van der Waals surface area contributed by atoms with Gasteiger partial charge in [0, 0.05) is 31.2 Å². The van der Waals surface area contributed by atoms with Crippen LogP contribution in [0, 0.1) is 18.8 Å². The van der Waals surface area contributed by atoms with Crippen molar-refractivity contribution >= 4 is 28.4 Å². The molecule has 0 radical (unpaired) electrons. The first-order chi connectivity index (χ1) is 16.8. The first-order valence-corrected chi connectivity index (χ1v) is 13.3. The zero-order valence-corrected chi connectivity index (χ0v) is 21.7. The standard InChI is InChI=1S/C28H40N4O3/c1-18-12-13-25-24(15-18)27(20(3)33)30-32(25)17-22-11-8-14-31(22)28(35)23(16-26(34)19(2)29-4)21-9-6-5-7-10-21/h12-13,15,19,21-23,29H,5-11,14,16-17H2,1-4H3/t19-,22-,23-/m0/s1. The number of amides is 1. The molecule has 1 N–H and O–H groups in total. The minimum absolute atomic E-state index is 0.0228. The molecule has 35 heavy (non-hydrogen) atoms. The normalized spacial score (nSPS) is 20.8. The molecule has 1 saturated heterocycles. The minimum Gasteiger partial charge on any atom is -0.338 e. The number of ketones is 2. The van der Waals surface area contributed by atoms with Crippen LogP contribution in [0.4, 0.5) is 0 Å². The number of likely N-dealkylation sites (N-methyl/N-ethyl adjacent to an activating group) is 1. The average Bonchev–Trinajstić information content (AvgIpc) is 3.46. The van der Waals surface area contributed by atoms with Crippen LogP contribution in [0.5, 0.6) is 0 Å². The molecule has 1 saturated carbocycles. The first-order valence-electron chi connectivity index (χ1n) is 13.3. The van der Waals surface area contributed by atoms with Crippen LogP contribution in [0.25, 0.3) is 10.9 Å². The van der Waals surface area contributed by atoms with E-state index < -0.39 is 0 Å². The summed E-state index contributed by atoms with van der Waals surface area (Å²) < 4.78 is 1.91. The number of benzene rings is 1. The molecule has 3 atom stereocenters. The number of rotatable bonds is 9. The highest BCUT2D eigenvalue weighted by Crippen LogP contribution is 2.35. The van der Waals surface area contributed by atoms with Gasteiger partial charge in [-0.05, 0) is 64.6 Å². The van der Waals surface area contributed by atoms with Crippen molar-refractivity contribution in [3.05, 3.63) is 29.5 Å². The molecule has 1 aromatic heterocycles. The lowest BCUT2D eigenvalue weighted by Crippen LogP contribution is -2.45. The Morgan fingerprint density at radius 2 is 1.86 bits per heavy atom. The molecule has 4 rings (SSSR count). The Morgan fingerprint density at radius 3 is 2.54 bits per heavy atom. The van der Waals surface area contributed by atoms with Crippen LogP contribution in [0.1, 0.15) is 81.3 Å². The van der Waals surface area contributed by atoms with Gasteiger partial charge in [-0.3, -0.25) is 19.1 Å². The molecular formula is C28H40N4O3. The van der Waals surface area contributed by atoms with Gasteiger partial charge in [-0.15, -0.1) is 0 Å². The zero-order valence-electron chi connectivity index (χ0n) is 21.7. The molecule has 2 aromatic rings. The number of carbonyl (C=O) groups is 3. The summed E-state index contributed by atoms with van der Waals surface area (Å²) in [6.45, 7) is 6.73. The average molecular weight is 481 g/mol. The van der Waals surface area contributed by atoms with Crippen LogP contribution in [0.15, 0.2) is 18.2 Å². The van der Waals surface area contributed by atoms with Gasteiger partial charge < -0.3 is 10.2 Å². The van der Waals surface area contributed by atoms with Gasteiger partial charge in [0.05, 0.1) is 24.1 Å². The van der Waals surface area contributed by atoms with E-state index in [1.807, 2.05) is 41.6 Å². The molecular weight excluding hydrogens is 440 g/mol. The molecule has 1 aliphatic carbocycles. The van der Waals surface area contributed by atoms with E-state index in [-0.39, 0.29) is 41.4 Å². The Hall–Kier alpha value is -2.54. The number of hydrogen-bond donors (Lipinski definition) is 1. The number of fused-ring (bicyclic) bond motifs is 1. The molecule has 0 spiro atoms. The van der Waals surface area contributed by atoms with Gasteiger partial charge in [-0.2, -0.15) is 5.10 Å². The van der Waals surface area contributed by atoms with E-state index in [1.54, 1.807) is 14.0 Å². The number of Topliss-reactive ketones (excluding diaryl/α,β-unsaturated/α-hetero) is 2. The highest BCUT2D eigenvalue weighted by atomic mass is 16.2. The van der Waals surface area contributed by atoms with E-state index in [1.165, 1.54) is 6.42 Å². The molecule has 1 amide bonds. The lowest BCUT2D eigenvalue weighted by atomic mass is 9.76. The van der Waals surface area contributed by atoms with Gasteiger partial charge in [0.1, 0.15) is 11.5 Å². The Labute approximate surface area is 208 Å². The van der Waals surface area contributed by atoms with E-state index in [4.69, 9.17) is 0 Å². The van der Waals surface area contributed by atoms with Crippen LogP contribution in [0.2, 0.25) is 0 Å². The van der Waals surface area contributed by atoms with Gasteiger partial charge in [0.25, 0.3) is 0 Å². The van der Waals surface area contributed by atoms with Crippen molar-refractivity contribution < 1.29 is 14.4 Å². The van der Waals surface area contributed by atoms with Gasteiger partial charge in [-0.1, -0.05) is 30.9 Å². The van der Waals surface area contributed by atoms with Crippen LogP contribution in [0.3, 0.4) is 0 Å². The van der Waals surface area contributed by atoms with E-state index in [9.17, 15) is 14.4 Å². The van der Waals surface area contributed by atoms with E-state index in [0.717, 1.165) is 61.5 Å². The predicted octanol–water partition coefficient (Wildman–Crippen LogP) is 4.30. The highest BCUT2D eigenvalue weighted by molar-refractivity contribution is 6.05. The number of nitrogens with one attached hydrogen (secondary N) is 1. The van der Waals surface area contributed by atoms with Gasteiger partial charge >= 0.3 is 0 Å². The lowest BCUT2D eigenvalue weighted by molar-refractivity contribution is -0.141. The summed E-state index contributed by atoms with van der Waals surface area (Å²) in [7, 11) is 1.79. The molecule has 1 aromatic carbocycles. The number of aryl methyl sites for hydroxylation is 1. The molecule has 7 heteroatoms. The third-order valence-electron chi connectivity index (χ3n) is 8.16. The fourth-order valence-electron chi connectivity index (χ4n) is 5.97. The maximum absolute atomic E-state index is 14.0. The van der Waals surface area contributed by atoms with Crippen molar-refractivity contribution in [2.24, 2.45) is 11.8 Å². The van der Waals surface area contributed by atoms with Crippen molar-refractivity contribution in [2.75, 3.05) is 13.6 Å². The number of carbonyl (C=O) groups excluding carboxylic acids is 3. The minimum atomic E-state index is -0.246. The smallest absolute Gasteiger partial charge is 0.226 e. The van der Waals surface area contributed by atoms with Crippen LogP contribution in [-0.4, -0.2) is 57.8 Å². The number of nitrogens with zero attached hydrogens (tertiary/aromatic N) is 3. The van der Waals surface area contributed by atoms with E-state index in [0.29, 0.717) is 18.7 Å². The van der Waals surface area contributed by atoms with Crippen molar-refractivity contribution in [3.8, 4) is 0 Å². The van der Waals surface area contributed by atoms with Crippen LogP contribution >= 0.6 is 0 Å². The Morgan fingerprint density at radius 1 is 1.11 bits per heavy atom. The SMILES string of the molecule is CN[C@@H](C)C(=O)C[C@H](C(=O)N1CCC[C@H]1Cn1nc(C(C)=O)c2cc(C)ccc21)C1CCCCC1. The second-order valence-electron chi connectivity index (χ2n) is 10.6. The van der Waals surface area contributed by atoms with E-state index in [2.05, 4.69) is 10.4 Å².